The van der Waals surface area contributed by atoms with Crippen molar-refractivity contribution in [2.75, 3.05) is 50.1 Å². The highest BCUT2D eigenvalue weighted by atomic mass is 16.6. The molecule has 10 nitrogen and oxygen atoms in total. The van der Waals surface area contributed by atoms with E-state index in [-0.39, 0.29) is 11.8 Å². The third-order valence-corrected chi connectivity index (χ3v) is 7.18. The molecule has 0 atom stereocenters. The molecule has 2 aliphatic rings. The van der Waals surface area contributed by atoms with Gasteiger partial charge in [0.2, 0.25) is 5.88 Å². The fourth-order valence-corrected chi connectivity index (χ4v) is 4.92. The monoisotopic (exact) mass is 553 g/mol. The minimum atomic E-state index is -0.322. The molecule has 2 N–H and O–H groups in total. The largest absolute Gasteiger partial charge is 0.486 e. The lowest BCUT2D eigenvalue weighted by molar-refractivity contribution is 0.101. The summed E-state index contributed by atoms with van der Waals surface area (Å²) in [6.07, 6.45) is 4.07. The zero-order valence-electron chi connectivity index (χ0n) is 22.8. The molecule has 0 radical (unpaired) electrons. The predicted octanol–water partition coefficient (Wildman–Crippen LogP) is 4.69. The first kappa shape index (κ1) is 26.5. The maximum absolute atomic E-state index is 13.1. The first-order chi connectivity index (χ1) is 20.0. The Hall–Kier alpha value is -4.70. The number of amides is 2. The predicted molar refractivity (Wildman–Crippen MR) is 155 cm³/mol. The first-order valence-corrected chi connectivity index (χ1v) is 13.8. The third kappa shape index (κ3) is 6.22. The lowest BCUT2D eigenvalue weighted by Gasteiger charge is -2.18. The molecular weight excluding hydrogens is 522 g/mol. The van der Waals surface area contributed by atoms with Gasteiger partial charge in [-0.1, -0.05) is 0 Å². The fourth-order valence-electron chi connectivity index (χ4n) is 4.92. The van der Waals surface area contributed by atoms with Crippen LogP contribution in [-0.4, -0.2) is 66.1 Å². The lowest BCUT2D eigenvalue weighted by atomic mass is 10.1. The van der Waals surface area contributed by atoms with Crippen LogP contribution in [0.15, 0.2) is 60.8 Å². The molecule has 4 aromatic rings. The van der Waals surface area contributed by atoms with E-state index in [1.54, 1.807) is 49.5 Å². The number of hydrogen-bond acceptors (Lipinski definition) is 8. The summed E-state index contributed by atoms with van der Waals surface area (Å²) < 4.78 is 17.0. The van der Waals surface area contributed by atoms with Crippen molar-refractivity contribution in [2.24, 2.45) is 0 Å². The van der Waals surface area contributed by atoms with Gasteiger partial charge in [-0.05, 0) is 81.4 Å². The van der Waals surface area contributed by atoms with Gasteiger partial charge in [0.05, 0.1) is 28.8 Å². The highest BCUT2D eigenvalue weighted by Crippen LogP contribution is 2.31. The quantitative estimate of drug-likeness (QED) is 0.323. The van der Waals surface area contributed by atoms with Gasteiger partial charge in [0.1, 0.15) is 19.8 Å². The van der Waals surface area contributed by atoms with Crippen LogP contribution in [0.3, 0.4) is 0 Å². The van der Waals surface area contributed by atoms with Crippen LogP contribution in [-0.2, 0) is 0 Å². The van der Waals surface area contributed by atoms with Crippen LogP contribution < -0.4 is 24.8 Å². The Morgan fingerprint density at radius 2 is 1.66 bits per heavy atom. The van der Waals surface area contributed by atoms with Gasteiger partial charge < -0.3 is 24.8 Å². The second-order valence-electron chi connectivity index (χ2n) is 10.1. The van der Waals surface area contributed by atoms with Crippen molar-refractivity contribution in [1.82, 2.24) is 14.9 Å². The van der Waals surface area contributed by atoms with Crippen LogP contribution in [0.5, 0.6) is 17.4 Å². The molecular formula is C31H31N5O5. The first-order valence-electron chi connectivity index (χ1n) is 13.8. The van der Waals surface area contributed by atoms with E-state index < -0.39 is 0 Å². The van der Waals surface area contributed by atoms with Crippen LogP contribution in [0, 0.1) is 6.92 Å². The minimum Gasteiger partial charge on any atom is -0.486 e. The highest BCUT2D eigenvalue weighted by molar-refractivity contribution is 6.07. The van der Waals surface area contributed by atoms with Crippen LogP contribution in [0.2, 0.25) is 0 Å². The zero-order valence-corrected chi connectivity index (χ0v) is 22.8. The van der Waals surface area contributed by atoms with Crippen molar-refractivity contribution in [1.29, 1.82) is 0 Å². The summed E-state index contributed by atoms with van der Waals surface area (Å²) >= 11 is 0. The second-order valence-corrected chi connectivity index (χ2v) is 10.1. The topological polar surface area (TPSA) is 115 Å². The zero-order chi connectivity index (χ0) is 28.2. The average molecular weight is 554 g/mol. The number of aromatic nitrogens is 2. The molecule has 0 spiro atoms. The fraction of sp³-hybridized carbons (Fsp3) is 0.290. The van der Waals surface area contributed by atoms with Gasteiger partial charge in [0, 0.05) is 29.1 Å². The van der Waals surface area contributed by atoms with Gasteiger partial charge in [0.15, 0.2) is 11.5 Å². The Labute approximate surface area is 237 Å². The summed E-state index contributed by atoms with van der Waals surface area (Å²) in [7, 11) is 0. The number of benzene rings is 2. The SMILES string of the molecule is Cc1ncc(NC(=O)c2ccc3nc(OCCN4CCCC4)ccc3c2)cc1NC(=O)c1ccc2c(c1)OCCO2. The number of carbonyl (C=O) groups is 2. The molecule has 0 saturated carbocycles. The number of ether oxygens (including phenoxy) is 3. The molecule has 0 bridgehead atoms. The molecule has 0 unspecified atom stereocenters. The van der Waals surface area contributed by atoms with Gasteiger partial charge in [-0.15, -0.1) is 0 Å². The average Bonchev–Trinajstić information content (AvgIpc) is 3.52. The Morgan fingerprint density at radius 3 is 2.51 bits per heavy atom. The Kier molecular flexibility index (Phi) is 7.64. The Bertz CT molecular complexity index is 1600. The summed E-state index contributed by atoms with van der Waals surface area (Å²) in [5.41, 5.74) is 3.21. The molecule has 41 heavy (non-hydrogen) atoms. The molecule has 10 heteroatoms. The summed E-state index contributed by atoms with van der Waals surface area (Å²) in [5, 5.41) is 6.58. The highest BCUT2D eigenvalue weighted by Gasteiger charge is 2.17. The summed E-state index contributed by atoms with van der Waals surface area (Å²) in [4.78, 5) is 37.3. The van der Waals surface area contributed by atoms with Crippen LogP contribution >= 0.6 is 0 Å². The molecule has 2 aliphatic heterocycles. The van der Waals surface area contributed by atoms with E-state index in [2.05, 4.69) is 25.5 Å². The second kappa shape index (κ2) is 11.8. The molecule has 6 rings (SSSR count). The van der Waals surface area contributed by atoms with Gasteiger partial charge >= 0.3 is 0 Å². The van der Waals surface area contributed by atoms with Crippen LogP contribution in [0.4, 0.5) is 11.4 Å². The number of nitrogens with zero attached hydrogens (tertiary/aromatic N) is 3. The Morgan fingerprint density at radius 1 is 0.902 bits per heavy atom. The van der Waals surface area contributed by atoms with E-state index in [0.29, 0.717) is 65.4 Å². The van der Waals surface area contributed by atoms with Crippen molar-refractivity contribution in [3.63, 3.8) is 0 Å². The molecule has 1 fully saturated rings. The molecule has 4 heterocycles. The number of hydrogen-bond donors (Lipinski definition) is 2. The van der Waals surface area contributed by atoms with E-state index in [1.165, 1.54) is 12.8 Å². The van der Waals surface area contributed by atoms with Crippen LogP contribution in [0.1, 0.15) is 39.3 Å². The van der Waals surface area contributed by atoms with Gasteiger partial charge in [-0.2, -0.15) is 0 Å². The number of carbonyl (C=O) groups excluding carboxylic acids is 2. The number of fused-ring (bicyclic) bond motifs is 2. The number of aryl methyl sites for hydroxylation is 1. The molecule has 2 amide bonds. The molecule has 210 valence electrons. The van der Waals surface area contributed by atoms with E-state index in [0.717, 1.165) is 30.5 Å². The summed E-state index contributed by atoms with van der Waals surface area (Å²) in [6, 6.07) is 15.8. The van der Waals surface area contributed by atoms with E-state index in [9.17, 15) is 9.59 Å². The van der Waals surface area contributed by atoms with Crippen molar-refractivity contribution in [2.45, 2.75) is 19.8 Å². The van der Waals surface area contributed by atoms with Crippen molar-refractivity contribution >= 4 is 34.1 Å². The van der Waals surface area contributed by atoms with Crippen LogP contribution in [0.25, 0.3) is 10.9 Å². The third-order valence-electron chi connectivity index (χ3n) is 7.18. The molecule has 0 aliphatic carbocycles. The number of nitrogens with one attached hydrogen (secondary N) is 2. The molecule has 2 aromatic heterocycles. The lowest BCUT2D eigenvalue weighted by Crippen LogP contribution is -2.25. The van der Waals surface area contributed by atoms with E-state index in [4.69, 9.17) is 14.2 Å². The normalized spacial score (nSPS) is 14.6. The summed E-state index contributed by atoms with van der Waals surface area (Å²) in [6.45, 7) is 6.47. The Balaban J connectivity index is 1.10. The summed E-state index contributed by atoms with van der Waals surface area (Å²) in [5.74, 6) is 1.10. The minimum absolute atomic E-state index is 0.299. The van der Waals surface area contributed by atoms with Crippen molar-refractivity contribution < 1.29 is 23.8 Å². The standard InChI is InChI=1S/C31H31N5O5/c1-20-26(35-31(38)23-5-8-27-28(17-23)40-15-14-39-27)18-24(19-32-20)33-30(37)22-4-7-25-21(16-22)6-9-29(34-25)41-13-12-36-10-2-3-11-36/h4-9,16-19H,2-3,10-15H2,1H3,(H,33,37)(H,35,38). The molecule has 1 saturated heterocycles. The maximum Gasteiger partial charge on any atom is 0.255 e. The van der Waals surface area contributed by atoms with Crippen molar-refractivity contribution in [3.05, 3.63) is 77.6 Å². The number of likely N-dealkylation sites (tertiary alicyclic amines) is 1. The maximum atomic E-state index is 13.1. The number of pyridine rings is 2. The van der Waals surface area contributed by atoms with Crippen molar-refractivity contribution in [3.8, 4) is 17.4 Å². The van der Waals surface area contributed by atoms with Gasteiger partial charge in [-0.25, -0.2) is 4.98 Å². The van der Waals surface area contributed by atoms with E-state index >= 15 is 0 Å². The number of rotatable bonds is 8. The van der Waals surface area contributed by atoms with Gasteiger partial charge in [-0.3, -0.25) is 19.5 Å². The molecule has 2 aromatic carbocycles. The van der Waals surface area contributed by atoms with E-state index in [1.807, 2.05) is 18.2 Å². The van der Waals surface area contributed by atoms with Gasteiger partial charge in [0.25, 0.3) is 11.8 Å². The smallest absolute Gasteiger partial charge is 0.255 e. The number of anilines is 2.